The topological polar surface area (TPSA) is 61.2 Å². The molecule has 0 spiro atoms. The fourth-order valence-electron chi connectivity index (χ4n) is 7.84. The van der Waals surface area contributed by atoms with Crippen LogP contribution in [0, 0.1) is 34.5 Å². The molecule has 0 unspecified atom stereocenters. The largest absolute Gasteiger partial charge is 0.378 e. The number of aromatic nitrogens is 2. The van der Waals surface area contributed by atoms with Crippen molar-refractivity contribution >= 4 is 11.6 Å². The average Bonchev–Trinajstić information content (AvgIpc) is 3.34. The van der Waals surface area contributed by atoms with Crippen LogP contribution in [0.5, 0.6) is 0 Å². The highest BCUT2D eigenvalue weighted by atomic mass is 16.5. The third-order valence-electron chi connectivity index (χ3n) is 9.59. The lowest BCUT2D eigenvalue weighted by Crippen LogP contribution is -2.57. The van der Waals surface area contributed by atoms with Crippen molar-refractivity contribution in [2.45, 2.75) is 84.3 Å². The van der Waals surface area contributed by atoms with Crippen molar-refractivity contribution in [3.05, 3.63) is 18.7 Å². The summed E-state index contributed by atoms with van der Waals surface area (Å²) in [7, 11) is 0. The van der Waals surface area contributed by atoms with Crippen LogP contribution in [0.25, 0.3) is 0 Å². The maximum atomic E-state index is 13.3. The van der Waals surface area contributed by atoms with Gasteiger partial charge in [-0.1, -0.05) is 13.8 Å². The Hall–Kier alpha value is -1.49. The van der Waals surface area contributed by atoms with E-state index in [2.05, 4.69) is 23.4 Å². The first-order chi connectivity index (χ1) is 14.4. The van der Waals surface area contributed by atoms with Gasteiger partial charge in [-0.25, -0.2) is 4.98 Å². The molecule has 5 nitrogen and oxygen atoms in total. The number of nitrogens with zero attached hydrogens (tertiary/aromatic N) is 2. The van der Waals surface area contributed by atoms with Gasteiger partial charge in [-0.3, -0.25) is 9.59 Å². The highest BCUT2D eigenvalue weighted by molar-refractivity contribution is 5.88. The van der Waals surface area contributed by atoms with Crippen LogP contribution in [0.2, 0.25) is 0 Å². The average molecular weight is 413 g/mol. The van der Waals surface area contributed by atoms with E-state index in [9.17, 15) is 9.59 Å². The first-order valence-electron chi connectivity index (χ1n) is 12.1. The van der Waals surface area contributed by atoms with E-state index in [0.29, 0.717) is 35.7 Å². The van der Waals surface area contributed by atoms with E-state index >= 15 is 0 Å². The van der Waals surface area contributed by atoms with Crippen molar-refractivity contribution in [2.75, 3.05) is 6.61 Å². The van der Waals surface area contributed by atoms with E-state index in [1.165, 1.54) is 0 Å². The number of ketones is 2. The van der Waals surface area contributed by atoms with E-state index in [-0.39, 0.29) is 22.9 Å². The molecule has 1 heterocycles. The molecule has 0 aromatic carbocycles. The molecule has 5 heteroatoms. The van der Waals surface area contributed by atoms with Crippen LogP contribution in [-0.2, 0) is 20.9 Å². The van der Waals surface area contributed by atoms with Crippen molar-refractivity contribution in [1.82, 2.24) is 9.55 Å². The third-order valence-corrected chi connectivity index (χ3v) is 9.59. The Bertz CT molecular complexity index is 805. The summed E-state index contributed by atoms with van der Waals surface area (Å²) in [5.41, 5.74) is -0.0518. The Kier molecular flexibility index (Phi) is 5.16. The molecule has 7 atom stereocenters. The molecule has 0 saturated heterocycles. The lowest BCUT2D eigenvalue weighted by atomic mass is 9.45. The number of imidazole rings is 1. The molecule has 0 amide bonds. The zero-order chi connectivity index (χ0) is 20.9. The normalized spacial score (nSPS) is 43.2. The minimum atomic E-state index is -0.153. The minimum absolute atomic E-state index is 0.101. The zero-order valence-electron chi connectivity index (χ0n) is 18.5. The first kappa shape index (κ1) is 20.4. The maximum absolute atomic E-state index is 13.3. The standard InChI is InChI=1S/C25H36N2O3/c1-24-8-6-17(30-13-3-11-27-12-10-26-16-27)14-21(24)22(28)15-18-19-4-5-23(29)25(19,2)9-7-20(18)24/h10,12,16-21H,3-9,11,13-15H2,1-2H3/t17-,18-,19-,20-,21+,24+,25-/m0/s1. The summed E-state index contributed by atoms with van der Waals surface area (Å²) in [6.45, 7) is 6.25. The minimum Gasteiger partial charge on any atom is -0.378 e. The highest BCUT2D eigenvalue weighted by Crippen LogP contribution is 2.64. The molecular weight excluding hydrogens is 376 g/mol. The van der Waals surface area contributed by atoms with E-state index in [0.717, 1.165) is 64.5 Å². The quantitative estimate of drug-likeness (QED) is 0.671. The van der Waals surface area contributed by atoms with Crippen LogP contribution in [0.4, 0.5) is 0 Å². The molecular formula is C25H36N2O3. The van der Waals surface area contributed by atoms with Gasteiger partial charge in [0.05, 0.1) is 12.4 Å². The maximum Gasteiger partial charge on any atom is 0.139 e. The number of hydrogen-bond donors (Lipinski definition) is 0. The van der Waals surface area contributed by atoms with Gasteiger partial charge < -0.3 is 9.30 Å². The Morgan fingerprint density at radius 2 is 2.03 bits per heavy atom. The SMILES string of the molecule is C[C@]12CC[C@H](OCCCn3ccnc3)C[C@@H]1C(=O)C[C@@H]1[C@@H]2CC[C@]2(C)C(=O)CC[C@@H]12. The van der Waals surface area contributed by atoms with E-state index in [4.69, 9.17) is 4.74 Å². The number of carbonyl (C=O) groups excluding carboxylic acids is 2. The van der Waals surface area contributed by atoms with Gasteiger partial charge in [-0.2, -0.15) is 0 Å². The van der Waals surface area contributed by atoms with Crippen molar-refractivity contribution in [1.29, 1.82) is 0 Å². The molecule has 4 aliphatic carbocycles. The van der Waals surface area contributed by atoms with Gasteiger partial charge in [-0.05, 0) is 68.1 Å². The van der Waals surface area contributed by atoms with Crippen molar-refractivity contribution < 1.29 is 14.3 Å². The van der Waals surface area contributed by atoms with Gasteiger partial charge in [0.25, 0.3) is 0 Å². The third kappa shape index (κ3) is 3.19. The Labute approximate surface area is 180 Å². The molecule has 0 bridgehead atoms. The highest BCUT2D eigenvalue weighted by Gasteiger charge is 2.62. The van der Waals surface area contributed by atoms with E-state index < -0.39 is 0 Å². The summed E-state index contributed by atoms with van der Waals surface area (Å²) in [4.78, 5) is 30.0. The predicted molar refractivity (Wildman–Crippen MR) is 114 cm³/mol. The Balaban J connectivity index is 1.23. The molecule has 1 aromatic heterocycles. The van der Waals surface area contributed by atoms with Crippen LogP contribution in [0.3, 0.4) is 0 Å². The molecule has 4 aliphatic rings. The fraction of sp³-hybridized carbons (Fsp3) is 0.800. The van der Waals surface area contributed by atoms with Crippen LogP contribution in [0.15, 0.2) is 18.7 Å². The number of hydrogen-bond acceptors (Lipinski definition) is 4. The van der Waals surface area contributed by atoms with E-state index in [1.807, 2.05) is 12.5 Å². The second-order valence-electron chi connectivity index (χ2n) is 10.9. The van der Waals surface area contributed by atoms with Crippen molar-refractivity contribution in [3.63, 3.8) is 0 Å². The van der Waals surface area contributed by atoms with Crippen molar-refractivity contribution in [2.24, 2.45) is 34.5 Å². The summed E-state index contributed by atoms with van der Waals surface area (Å²) in [6.07, 6.45) is 14.5. The number of rotatable bonds is 5. The molecule has 0 aliphatic heterocycles. The molecule has 4 saturated carbocycles. The molecule has 30 heavy (non-hydrogen) atoms. The zero-order valence-corrected chi connectivity index (χ0v) is 18.5. The van der Waals surface area contributed by atoms with Crippen LogP contribution in [0.1, 0.15) is 71.6 Å². The number of aryl methyl sites for hydroxylation is 1. The number of fused-ring (bicyclic) bond motifs is 5. The summed E-state index contributed by atoms with van der Waals surface area (Å²) in [6, 6.07) is 0. The molecule has 5 rings (SSSR count). The smallest absolute Gasteiger partial charge is 0.139 e. The van der Waals surface area contributed by atoms with Crippen LogP contribution >= 0.6 is 0 Å². The second kappa shape index (κ2) is 7.58. The number of ether oxygens (including phenoxy) is 1. The Morgan fingerprint density at radius 3 is 2.83 bits per heavy atom. The monoisotopic (exact) mass is 412 g/mol. The van der Waals surface area contributed by atoms with Gasteiger partial charge in [0.1, 0.15) is 11.6 Å². The van der Waals surface area contributed by atoms with Gasteiger partial charge in [-0.15, -0.1) is 0 Å². The Morgan fingerprint density at radius 1 is 1.17 bits per heavy atom. The molecule has 164 valence electrons. The lowest BCUT2D eigenvalue weighted by Gasteiger charge is -2.59. The summed E-state index contributed by atoms with van der Waals surface area (Å²) in [5.74, 6) is 2.52. The molecule has 0 N–H and O–H groups in total. The first-order valence-corrected chi connectivity index (χ1v) is 12.1. The van der Waals surface area contributed by atoms with Gasteiger partial charge in [0.2, 0.25) is 0 Å². The fourth-order valence-corrected chi connectivity index (χ4v) is 7.84. The van der Waals surface area contributed by atoms with Gasteiger partial charge in [0.15, 0.2) is 0 Å². The van der Waals surface area contributed by atoms with Gasteiger partial charge in [0, 0.05) is 49.7 Å². The predicted octanol–water partition coefficient (Wildman–Crippen LogP) is 4.45. The van der Waals surface area contributed by atoms with Crippen LogP contribution < -0.4 is 0 Å². The number of carbonyl (C=O) groups is 2. The molecule has 1 aromatic rings. The molecule has 4 fully saturated rings. The van der Waals surface area contributed by atoms with Crippen molar-refractivity contribution in [3.8, 4) is 0 Å². The summed E-state index contributed by atoms with van der Waals surface area (Å²) in [5, 5.41) is 0. The number of Topliss-reactive ketones (excluding diaryl/α,β-unsaturated/α-hetero) is 2. The van der Waals surface area contributed by atoms with Gasteiger partial charge >= 0.3 is 0 Å². The summed E-state index contributed by atoms with van der Waals surface area (Å²) >= 11 is 0. The lowest BCUT2D eigenvalue weighted by molar-refractivity contribution is -0.162. The second-order valence-corrected chi connectivity index (χ2v) is 10.9. The van der Waals surface area contributed by atoms with E-state index in [1.54, 1.807) is 6.20 Å². The summed E-state index contributed by atoms with van der Waals surface area (Å²) < 4.78 is 8.31. The van der Waals surface area contributed by atoms with Crippen LogP contribution in [-0.4, -0.2) is 33.8 Å². The molecule has 0 radical (unpaired) electrons.